The van der Waals surface area contributed by atoms with Gasteiger partial charge in [-0.3, -0.25) is 0 Å². The molecule has 0 radical (unpaired) electrons. The average Bonchev–Trinajstić information content (AvgIpc) is 2.50. The first-order valence-electron chi connectivity index (χ1n) is 3.77. The number of nitrogens with one attached hydrogen (secondary N) is 1. The van der Waals surface area contributed by atoms with Crippen molar-refractivity contribution in [1.82, 2.24) is 10.2 Å². The van der Waals surface area contributed by atoms with Crippen molar-refractivity contribution in [2.75, 3.05) is 27.2 Å². The fraction of sp³-hybridized carbons (Fsp3) is 0.857. The van der Waals surface area contributed by atoms with Gasteiger partial charge in [0.15, 0.2) is 5.11 Å². The Bertz CT molecular complexity index is 151. The Morgan fingerprint density at radius 3 is 2.91 bits per heavy atom. The van der Waals surface area contributed by atoms with E-state index in [-0.39, 0.29) is 0 Å². The summed E-state index contributed by atoms with van der Waals surface area (Å²) in [6, 6.07) is 0. The molecule has 0 aromatic heterocycles. The summed E-state index contributed by atoms with van der Waals surface area (Å²) >= 11 is 5.08. The van der Waals surface area contributed by atoms with Crippen molar-refractivity contribution < 1.29 is 4.74 Å². The van der Waals surface area contributed by atoms with Crippen LogP contribution in [0.5, 0.6) is 0 Å². The molecule has 0 bridgehead atoms. The van der Waals surface area contributed by atoms with Gasteiger partial charge in [-0.2, -0.15) is 0 Å². The standard InChI is InChI=1S/C7H14N2OS/c1-8-7(11)9-4-3-6(5-9)10-2/h6H,3-5H2,1-2H3,(H,8,11)/t6-/m0/s1. The highest BCUT2D eigenvalue weighted by molar-refractivity contribution is 7.80. The Hall–Kier alpha value is -0.350. The Labute approximate surface area is 72.7 Å². The first-order valence-corrected chi connectivity index (χ1v) is 4.18. The summed E-state index contributed by atoms with van der Waals surface area (Å²) in [5.41, 5.74) is 0. The molecule has 0 spiro atoms. The van der Waals surface area contributed by atoms with Crippen LogP contribution in [0.3, 0.4) is 0 Å². The summed E-state index contributed by atoms with van der Waals surface area (Å²) in [5, 5.41) is 3.78. The van der Waals surface area contributed by atoms with Gasteiger partial charge >= 0.3 is 0 Å². The van der Waals surface area contributed by atoms with E-state index in [1.54, 1.807) is 7.11 Å². The molecule has 1 heterocycles. The Balaban J connectivity index is 2.35. The molecule has 11 heavy (non-hydrogen) atoms. The monoisotopic (exact) mass is 174 g/mol. The van der Waals surface area contributed by atoms with Gasteiger partial charge in [-0.15, -0.1) is 0 Å². The van der Waals surface area contributed by atoms with Crippen molar-refractivity contribution in [2.24, 2.45) is 0 Å². The average molecular weight is 174 g/mol. The normalized spacial score (nSPS) is 23.8. The molecule has 1 fully saturated rings. The molecule has 1 rings (SSSR count). The highest BCUT2D eigenvalue weighted by atomic mass is 32.1. The number of nitrogens with zero attached hydrogens (tertiary/aromatic N) is 1. The predicted molar refractivity (Wildman–Crippen MR) is 48.6 cm³/mol. The molecule has 0 amide bonds. The van der Waals surface area contributed by atoms with Gasteiger partial charge in [-0.05, 0) is 18.6 Å². The summed E-state index contributed by atoms with van der Waals surface area (Å²) in [4.78, 5) is 2.13. The molecule has 64 valence electrons. The molecular formula is C7H14N2OS. The van der Waals surface area contributed by atoms with Gasteiger partial charge in [0, 0.05) is 27.2 Å². The molecule has 1 atom stereocenters. The number of rotatable bonds is 1. The van der Waals surface area contributed by atoms with Crippen LogP contribution in [-0.2, 0) is 4.74 Å². The third kappa shape index (κ3) is 2.04. The van der Waals surface area contributed by atoms with Crippen LogP contribution >= 0.6 is 12.2 Å². The van der Waals surface area contributed by atoms with Gasteiger partial charge in [-0.1, -0.05) is 0 Å². The quantitative estimate of drug-likeness (QED) is 0.574. The van der Waals surface area contributed by atoms with Crippen molar-refractivity contribution in [3.63, 3.8) is 0 Å². The molecule has 0 aliphatic carbocycles. The molecule has 3 nitrogen and oxygen atoms in total. The minimum Gasteiger partial charge on any atom is -0.380 e. The highest BCUT2D eigenvalue weighted by Gasteiger charge is 2.22. The van der Waals surface area contributed by atoms with Crippen molar-refractivity contribution in [3.05, 3.63) is 0 Å². The van der Waals surface area contributed by atoms with E-state index in [1.165, 1.54) is 0 Å². The van der Waals surface area contributed by atoms with E-state index in [4.69, 9.17) is 17.0 Å². The zero-order chi connectivity index (χ0) is 8.27. The maximum absolute atomic E-state index is 5.21. The first kappa shape index (κ1) is 8.74. The molecule has 1 N–H and O–H groups in total. The lowest BCUT2D eigenvalue weighted by atomic mass is 10.3. The molecule has 0 aromatic carbocycles. The third-order valence-electron chi connectivity index (χ3n) is 1.98. The number of hydrogen-bond donors (Lipinski definition) is 1. The number of hydrogen-bond acceptors (Lipinski definition) is 2. The van der Waals surface area contributed by atoms with E-state index in [0.29, 0.717) is 6.10 Å². The maximum Gasteiger partial charge on any atom is 0.168 e. The number of thiocarbonyl (C=S) groups is 1. The fourth-order valence-corrected chi connectivity index (χ4v) is 1.43. The third-order valence-corrected chi connectivity index (χ3v) is 2.44. The zero-order valence-corrected chi connectivity index (χ0v) is 7.78. The number of methoxy groups -OCH3 is 1. The van der Waals surface area contributed by atoms with Crippen molar-refractivity contribution in [2.45, 2.75) is 12.5 Å². The van der Waals surface area contributed by atoms with Crippen LogP contribution in [0, 0.1) is 0 Å². The first-order chi connectivity index (χ1) is 5.27. The number of likely N-dealkylation sites (tertiary alicyclic amines) is 1. The lowest BCUT2D eigenvalue weighted by Crippen LogP contribution is -2.36. The van der Waals surface area contributed by atoms with Crippen LogP contribution in [0.2, 0.25) is 0 Å². The van der Waals surface area contributed by atoms with Gasteiger partial charge in [0.05, 0.1) is 6.10 Å². The van der Waals surface area contributed by atoms with E-state index in [0.717, 1.165) is 24.6 Å². The lowest BCUT2D eigenvalue weighted by molar-refractivity contribution is 0.114. The van der Waals surface area contributed by atoms with E-state index >= 15 is 0 Å². The SMILES string of the molecule is CNC(=S)N1CC[C@H](OC)C1. The summed E-state index contributed by atoms with van der Waals surface area (Å²) in [6.45, 7) is 1.94. The van der Waals surface area contributed by atoms with Crippen LogP contribution < -0.4 is 5.32 Å². The van der Waals surface area contributed by atoms with Crippen LogP contribution in [0.4, 0.5) is 0 Å². The fourth-order valence-electron chi connectivity index (χ4n) is 1.26. The second kappa shape index (κ2) is 3.88. The molecule has 1 aliphatic rings. The summed E-state index contributed by atoms with van der Waals surface area (Å²) in [5.74, 6) is 0. The van der Waals surface area contributed by atoms with Crippen molar-refractivity contribution >= 4 is 17.3 Å². The molecule has 1 aliphatic heterocycles. The van der Waals surface area contributed by atoms with E-state index in [9.17, 15) is 0 Å². The van der Waals surface area contributed by atoms with E-state index in [2.05, 4.69) is 10.2 Å². The van der Waals surface area contributed by atoms with Crippen molar-refractivity contribution in [3.8, 4) is 0 Å². The Morgan fingerprint density at radius 1 is 1.73 bits per heavy atom. The molecular weight excluding hydrogens is 160 g/mol. The lowest BCUT2D eigenvalue weighted by Gasteiger charge is -2.17. The van der Waals surface area contributed by atoms with Gasteiger partial charge in [0.25, 0.3) is 0 Å². The van der Waals surface area contributed by atoms with E-state index in [1.807, 2.05) is 7.05 Å². The van der Waals surface area contributed by atoms with E-state index < -0.39 is 0 Å². The maximum atomic E-state index is 5.21. The minimum atomic E-state index is 0.362. The Morgan fingerprint density at radius 2 is 2.45 bits per heavy atom. The number of ether oxygens (including phenoxy) is 1. The van der Waals surface area contributed by atoms with Crippen LogP contribution in [0.15, 0.2) is 0 Å². The Kier molecular flexibility index (Phi) is 3.08. The second-order valence-corrected chi connectivity index (χ2v) is 3.03. The molecule has 4 heteroatoms. The molecule has 0 saturated carbocycles. The summed E-state index contributed by atoms with van der Waals surface area (Å²) in [6.07, 6.45) is 1.44. The van der Waals surface area contributed by atoms with Crippen LogP contribution in [0.1, 0.15) is 6.42 Å². The van der Waals surface area contributed by atoms with Gasteiger partial charge in [0.2, 0.25) is 0 Å². The summed E-state index contributed by atoms with van der Waals surface area (Å²) < 4.78 is 5.21. The smallest absolute Gasteiger partial charge is 0.168 e. The minimum absolute atomic E-state index is 0.362. The summed E-state index contributed by atoms with van der Waals surface area (Å²) in [7, 11) is 3.60. The highest BCUT2D eigenvalue weighted by Crippen LogP contribution is 2.11. The van der Waals surface area contributed by atoms with Crippen LogP contribution in [-0.4, -0.2) is 43.4 Å². The largest absolute Gasteiger partial charge is 0.380 e. The molecule has 0 unspecified atom stereocenters. The predicted octanol–water partition coefficient (Wildman–Crippen LogP) is 0.211. The topological polar surface area (TPSA) is 24.5 Å². The van der Waals surface area contributed by atoms with Crippen molar-refractivity contribution in [1.29, 1.82) is 0 Å². The van der Waals surface area contributed by atoms with Gasteiger partial charge in [-0.25, -0.2) is 0 Å². The van der Waals surface area contributed by atoms with Gasteiger partial charge in [0.1, 0.15) is 0 Å². The molecule has 0 aromatic rings. The van der Waals surface area contributed by atoms with Crippen LogP contribution in [0.25, 0.3) is 0 Å². The van der Waals surface area contributed by atoms with Gasteiger partial charge < -0.3 is 15.0 Å². The zero-order valence-electron chi connectivity index (χ0n) is 6.96. The second-order valence-electron chi connectivity index (χ2n) is 2.65. The molecule has 1 saturated heterocycles.